The van der Waals surface area contributed by atoms with E-state index in [0.29, 0.717) is 18.8 Å². The molecule has 4 atom stereocenters. The van der Waals surface area contributed by atoms with Gasteiger partial charge in [-0.25, -0.2) is 16.8 Å². The maximum atomic E-state index is 14.0. The van der Waals surface area contributed by atoms with Crippen LogP contribution in [0, 0.1) is 5.92 Å². The van der Waals surface area contributed by atoms with Crippen LogP contribution in [0.15, 0.2) is 39.9 Å². The average Bonchev–Trinajstić information content (AvgIpc) is 3.45. The molecule has 0 saturated carbocycles. The zero-order chi connectivity index (χ0) is 30.4. The van der Waals surface area contributed by atoms with Crippen LogP contribution in [0.25, 0.3) is 0 Å². The molecule has 1 aromatic heterocycles. The molecule has 0 unspecified atom stereocenters. The standard InChI is InChI=1S/C27H41N3O8S3/c1-19-16-30(20(2)18-31)27(32)23-15-22(28-40(5,33)34)11-12-24(23)38-21(3)9-6-7-13-37-25(19)17-29(4)41(35,36)26-10-8-14-39-26/h8,10-12,14-15,19-21,25,28,31H,6-7,9,13,16-18H2,1-5H3/t19-,20+,21-,25-/m1/s1. The predicted molar refractivity (Wildman–Crippen MR) is 159 cm³/mol. The van der Waals surface area contributed by atoms with E-state index in [-0.39, 0.29) is 47.2 Å². The van der Waals surface area contributed by atoms with Gasteiger partial charge in [-0.3, -0.25) is 9.52 Å². The molecule has 0 radical (unpaired) electrons. The second-order valence-corrected chi connectivity index (χ2v) is 15.6. The summed E-state index contributed by atoms with van der Waals surface area (Å²) in [5.41, 5.74) is 0.369. The molecule has 230 valence electrons. The van der Waals surface area contributed by atoms with E-state index >= 15 is 0 Å². The Morgan fingerprint density at radius 1 is 1.20 bits per heavy atom. The number of hydrogen-bond acceptors (Lipinski definition) is 9. The summed E-state index contributed by atoms with van der Waals surface area (Å²) in [6.07, 6.45) is 2.46. The number of aliphatic hydroxyl groups is 1. The number of benzene rings is 1. The van der Waals surface area contributed by atoms with Crippen molar-refractivity contribution >= 4 is 43.0 Å². The van der Waals surface area contributed by atoms with Crippen LogP contribution in [0.5, 0.6) is 5.75 Å². The van der Waals surface area contributed by atoms with Gasteiger partial charge >= 0.3 is 0 Å². The Kier molecular flexibility index (Phi) is 11.6. The van der Waals surface area contributed by atoms with Crippen molar-refractivity contribution in [2.24, 2.45) is 5.92 Å². The van der Waals surface area contributed by atoms with Gasteiger partial charge in [-0.05, 0) is 62.8 Å². The van der Waals surface area contributed by atoms with Crippen molar-refractivity contribution in [1.29, 1.82) is 0 Å². The highest BCUT2D eigenvalue weighted by Crippen LogP contribution is 2.29. The first-order valence-corrected chi connectivity index (χ1v) is 17.8. The molecule has 3 rings (SSSR count). The molecule has 0 aliphatic carbocycles. The van der Waals surface area contributed by atoms with Crippen molar-refractivity contribution in [3.05, 3.63) is 41.3 Å². The zero-order valence-corrected chi connectivity index (χ0v) is 26.6. The molecule has 1 amide bonds. The van der Waals surface area contributed by atoms with Crippen molar-refractivity contribution in [1.82, 2.24) is 9.21 Å². The van der Waals surface area contributed by atoms with Gasteiger partial charge in [0.05, 0.1) is 36.7 Å². The largest absolute Gasteiger partial charge is 0.490 e. The van der Waals surface area contributed by atoms with Crippen molar-refractivity contribution in [2.45, 2.75) is 62.5 Å². The summed E-state index contributed by atoms with van der Waals surface area (Å²) in [7, 11) is -5.79. The van der Waals surface area contributed by atoms with Crippen LogP contribution >= 0.6 is 11.3 Å². The highest BCUT2D eigenvalue weighted by Gasteiger charge is 2.32. The molecule has 1 aliphatic heterocycles. The number of hydrogen-bond donors (Lipinski definition) is 2. The van der Waals surface area contributed by atoms with Gasteiger partial charge in [0, 0.05) is 38.3 Å². The van der Waals surface area contributed by atoms with Gasteiger partial charge in [-0.1, -0.05) is 13.0 Å². The Morgan fingerprint density at radius 3 is 2.56 bits per heavy atom. The Morgan fingerprint density at radius 2 is 1.93 bits per heavy atom. The first-order chi connectivity index (χ1) is 19.2. The van der Waals surface area contributed by atoms with E-state index in [9.17, 15) is 26.7 Å². The minimum Gasteiger partial charge on any atom is -0.490 e. The van der Waals surface area contributed by atoms with E-state index < -0.39 is 38.1 Å². The van der Waals surface area contributed by atoms with Crippen LogP contribution in [0.1, 0.15) is 50.4 Å². The van der Waals surface area contributed by atoms with Gasteiger partial charge in [0.1, 0.15) is 9.96 Å². The summed E-state index contributed by atoms with van der Waals surface area (Å²) in [5.74, 6) is -0.457. The van der Waals surface area contributed by atoms with Gasteiger partial charge in [0.2, 0.25) is 10.0 Å². The Bertz CT molecular complexity index is 1370. The van der Waals surface area contributed by atoms with Crippen LogP contribution in [-0.2, 0) is 24.8 Å². The van der Waals surface area contributed by atoms with Gasteiger partial charge in [-0.15, -0.1) is 11.3 Å². The summed E-state index contributed by atoms with van der Waals surface area (Å²) in [6, 6.07) is 7.21. The van der Waals surface area contributed by atoms with E-state index in [0.717, 1.165) is 30.4 Å². The first-order valence-electron chi connectivity index (χ1n) is 13.5. The fourth-order valence-electron chi connectivity index (χ4n) is 4.58. The predicted octanol–water partition coefficient (Wildman–Crippen LogP) is 3.24. The number of nitrogens with one attached hydrogen (secondary N) is 1. The second-order valence-electron chi connectivity index (χ2n) is 10.6. The number of fused-ring (bicyclic) bond motifs is 1. The van der Waals surface area contributed by atoms with E-state index in [4.69, 9.17) is 9.47 Å². The molecule has 0 spiro atoms. The quantitative estimate of drug-likeness (QED) is 0.452. The highest BCUT2D eigenvalue weighted by atomic mass is 32.2. The van der Waals surface area contributed by atoms with Gasteiger partial charge in [-0.2, -0.15) is 4.31 Å². The molecule has 14 heteroatoms. The molecule has 1 aliphatic rings. The number of carbonyl (C=O) groups is 1. The normalized spacial score (nSPS) is 22.5. The third-order valence-corrected chi connectivity index (χ3v) is 10.8. The zero-order valence-electron chi connectivity index (χ0n) is 24.1. The summed E-state index contributed by atoms with van der Waals surface area (Å²) >= 11 is 1.14. The molecular weight excluding hydrogens is 591 g/mol. The fourth-order valence-corrected chi connectivity index (χ4v) is 7.52. The third kappa shape index (κ3) is 9.13. The van der Waals surface area contributed by atoms with Crippen LogP contribution in [0.4, 0.5) is 5.69 Å². The fraction of sp³-hybridized carbons (Fsp3) is 0.593. The third-order valence-electron chi connectivity index (χ3n) is 6.95. The minimum absolute atomic E-state index is 0.0788. The molecular formula is C27H41N3O8S3. The maximum Gasteiger partial charge on any atom is 0.258 e. The SMILES string of the molecule is C[C@@H]1CCCCO[C@H](CN(C)S(=O)(=O)c2cccs2)[C@H](C)CN([C@@H](C)CO)C(=O)c2cc(NS(C)(=O)=O)ccc2O1. The summed E-state index contributed by atoms with van der Waals surface area (Å²) in [5, 5.41) is 11.8. The monoisotopic (exact) mass is 631 g/mol. The number of thiophene rings is 1. The number of amides is 1. The van der Waals surface area contributed by atoms with E-state index in [1.54, 1.807) is 36.6 Å². The van der Waals surface area contributed by atoms with Crippen molar-refractivity contribution in [3.8, 4) is 5.75 Å². The Hall–Kier alpha value is -2.23. The summed E-state index contributed by atoms with van der Waals surface area (Å²) in [6.45, 7) is 5.81. The van der Waals surface area contributed by atoms with Crippen molar-refractivity contribution in [3.63, 3.8) is 0 Å². The second kappa shape index (κ2) is 14.3. The number of likely N-dealkylation sites (N-methyl/N-ethyl adjacent to an activating group) is 1. The lowest BCUT2D eigenvalue weighted by molar-refractivity contribution is -0.00832. The smallest absolute Gasteiger partial charge is 0.258 e. The van der Waals surface area contributed by atoms with Crippen LogP contribution in [-0.4, -0.2) is 94.9 Å². The lowest BCUT2D eigenvalue weighted by atomic mass is 10.0. The van der Waals surface area contributed by atoms with Gasteiger partial charge < -0.3 is 19.5 Å². The molecule has 2 aromatic rings. The molecule has 2 N–H and O–H groups in total. The van der Waals surface area contributed by atoms with Crippen molar-refractivity contribution < 1.29 is 36.2 Å². The molecule has 11 nitrogen and oxygen atoms in total. The summed E-state index contributed by atoms with van der Waals surface area (Å²) < 4.78 is 66.3. The van der Waals surface area contributed by atoms with E-state index in [2.05, 4.69) is 4.72 Å². The van der Waals surface area contributed by atoms with E-state index in [1.807, 2.05) is 13.8 Å². The lowest BCUT2D eigenvalue weighted by Gasteiger charge is -2.35. The average molecular weight is 632 g/mol. The van der Waals surface area contributed by atoms with Gasteiger partial charge in [0.15, 0.2) is 0 Å². The first kappa shape index (κ1) is 33.3. The highest BCUT2D eigenvalue weighted by molar-refractivity contribution is 7.92. The topological polar surface area (TPSA) is 143 Å². The van der Waals surface area contributed by atoms with Gasteiger partial charge in [0.25, 0.3) is 15.9 Å². The molecule has 0 saturated heterocycles. The summed E-state index contributed by atoms with van der Waals surface area (Å²) in [4.78, 5) is 15.5. The van der Waals surface area contributed by atoms with Crippen LogP contribution < -0.4 is 9.46 Å². The number of rotatable bonds is 8. The van der Waals surface area contributed by atoms with Crippen molar-refractivity contribution in [2.75, 3.05) is 44.3 Å². The maximum absolute atomic E-state index is 14.0. The number of anilines is 1. The molecule has 0 bridgehead atoms. The molecule has 0 fully saturated rings. The number of ether oxygens (including phenoxy) is 2. The number of aliphatic hydroxyl groups excluding tert-OH is 1. The van der Waals surface area contributed by atoms with Crippen LogP contribution in [0.3, 0.4) is 0 Å². The Labute approximate surface area is 247 Å². The lowest BCUT2D eigenvalue weighted by Crippen LogP contribution is -2.48. The minimum atomic E-state index is -3.71. The number of sulfonamides is 2. The van der Waals surface area contributed by atoms with E-state index in [1.165, 1.54) is 22.3 Å². The molecule has 1 aromatic carbocycles. The number of carbonyl (C=O) groups excluding carboxylic acids is 1. The van der Waals surface area contributed by atoms with Crippen LogP contribution in [0.2, 0.25) is 0 Å². The molecule has 2 heterocycles. The Balaban J connectivity index is 1.98. The molecule has 41 heavy (non-hydrogen) atoms. The number of nitrogens with zero attached hydrogens (tertiary/aromatic N) is 2.